The van der Waals surface area contributed by atoms with E-state index in [1.807, 2.05) is 13.0 Å². The Bertz CT molecular complexity index is 506. The number of hydrogen-bond acceptors (Lipinski definition) is 1. The van der Waals surface area contributed by atoms with Crippen LogP contribution in [0.15, 0.2) is 30.4 Å². The molecule has 17 heavy (non-hydrogen) atoms. The first-order valence-electron chi connectivity index (χ1n) is 6.10. The molecule has 0 unspecified atom stereocenters. The maximum atomic E-state index is 11.8. The first kappa shape index (κ1) is 11.8. The van der Waals surface area contributed by atoms with Crippen LogP contribution in [-0.4, -0.2) is 5.78 Å². The van der Waals surface area contributed by atoms with Crippen LogP contribution in [0.3, 0.4) is 0 Å². The molecule has 0 aliphatic heterocycles. The Morgan fingerprint density at radius 1 is 1.24 bits per heavy atom. The van der Waals surface area contributed by atoms with Crippen molar-refractivity contribution in [3.63, 3.8) is 0 Å². The van der Waals surface area contributed by atoms with Crippen molar-refractivity contribution in [2.75, 3.05) is 0 Å². The van der Waals surface area contributed by atoms with E-state index < -0.39 is 0 Å². The van der Waals surface area contributed by atoms with Crippen LogP contribution in [0.4, 0.5) is 0 Å². The molecule has 1 aliphatic carbocycles. The number of aryl methyl sites for hydroxylation is 1. The van der Waals surface area contributed by atoms with Gasteiger partial charge in [0.25, 0.3) is 0 Å². The quantitative estimate of drug-likeness (QED) is 0.740. The number of carbonyl (C=O) groups excluding carboxylic acids is 1. The van der Waals surface area contributed by atoms with Gasteiger partial charge < -0.3 is 0 Å². The van der Waals surface area contributed by atoms with Gasteiger partial charge in [0, 0.05) is 6.42 Å². The minimum atomic E-state index is 0.301. The fourth-order valence-corrected chi connectivity index (χ4v) is 2.40. The predicted octanol–water partition coefficient (Wildman–Crippen LogP) is 4.16. The van der Waals surface area contributed by atoms with E-state index >= 15 is 0 Å². The van der Waals surface area contributed by atoms with Crippen LogP contribution in [0.1, 0.15) is 42.9 Å². The number of hydrogen-bond donors (Lipinski definition) is 0. The average molecular weight is 226 g/mol. The van der Waals surface area contributed by atoms with E-state index in [1.165, 1.54) is 16.7 Å². The van der Waals surface area contributed by atoms with Gasteiger partial charge in [0.2, 0.25) is 0 Å². The zero-order valence-electron chi connectivity index (χ0n) is 10.5. The third-order valence-corrected chi connectivity index (χ3v) is 3.52. The summed E-state index contributed by atoms with van der Waals surface area (Å²) in [6.45, 7) is 7.85. The van der Waals surface area contributed by atoms with Crippen LogP contribution in [0, 0.1) is 6.92 Å². The van der Waals surface area contributed by atoms with Gasteiger partial charge in [-0.25, -0.2) is 0 Å². The predicted molar refractivity (Wildman–Crippen MR) is 72.7 cm³/mol. The van der Waals surface area contributed by atoms with Crippen molar-refractivity contribution in [2.24, 2.45) is 0 Å². The van der Waals surface area contributed by atoms with Gasteiger partial charge in [0.15, 0.2) is 5.78 Å². The van der Waals surface area contributed by atoms with Gasteiger partial charge in [-0.05, 0) is 60.6 Å². The summed E-state index contributed by atoms with van der Waals surface area (Å²) in [5, 5.41) is 0. The van der Waals surface area contributed by atoms with Gasteiger partial charge in [-0.1, -0.05) is 24.8 Å². The van der Waals surface area contributed by atoms with E-state index in [2.05, 4.69) is 31.7 Å². The Kier molecular flexibility index (Phi) is 3.28. The maximum absolute atomic E-state index is 11.8. The lowest BCUT2D eigenvalue weighted by Crippen LogP contribution is -2.09. The molecule has 0 spiro atoms. The molecule has 0 saturated heterocycles. The van der Waals surface area contributed by atoms with Gasteiger partial charge in [-0.15, -0.1) is 0 Å². The smallest absolute Gasteiger partial charge is 0.158 e. The lowest BCUT2D eigenvalue weighted by Gasteiger charge is -2.19. The van der Waals surface area contributed by atoms with Crippen LogP contribution in [0.2, 0.25) is 0 Å². The number of Topliss-reactive ketones (excluding diaryl/α,β-unsaturated/α-hetero) is 1. The summed E-state index contributed by atoms with van der Waals surface area (Å²) in [6.07, 6.45) is 4.54. The highest BCUT2D eigenvalue weighted by atomic mass is 16.1. The summed E-state index contributed by atoms with van der Waals surface area (Å²) >= 11 is 0. The van der Waals surface area contributed by atoms with Crippen molar-refractivity contribution in [1.29, 1.82) is 0 Å². The lowest BCUT2D eigenvalue weighted by molar-refractivity contribution is -0.115. The SMILES string of the molecule is C=Cc1ccc(C)c(C2=C(C)C(=O)CCC2)c1. The standard InChI is InChI=1S/C16H18O/c1-4-13-9-8-11(2)15(10-13)14-6-5-7-16(17)12(14)3/h4,8-10H,1,5-7H2,2-3H3. The Morgan fingerprint density at radius 3 is 2.71 bits per heavy atom. The van der Waals surface area contributed by atoms with Gasteiger partial charge >= 0.3 is 0 Å². The second kappa shape index (κ2) is 4.70. The van der Waals surface area contributed by atoms with Crippen LogP contribution >= 0.6 is 0 Å². The monoisotopic (exact) mass is 226 g/mol. The summed E-state index contributed by atoms with van der Waals surface area (Å²) in [6, 6.07) is 6.30. The van der Waals surface area contributed by atoms with Crippen LogP contribution in [0.5, 0.6) is 0 Å². The number of carbonyl (C=O) groups is 1. The summed E-state index contributed by atoms with van der Waals surface area (Å²) in [4.78, 5) is 11.8. The number of allylic oxidation sites excluding steroid dienone is 2. The molecule has 2 rings (SSSR count). The molecular weight excluding hydrogens is 208 g/mol. The molecule has 0 atom stereocenters. The fraction of sp³-hybridized carbons (Fsp3) is 0.312. The second-order valence-corrected chi connectivity index (χ2v) is 4.66. The molecule has 0 fully saturated rings. The average Bonchev–Trinajstić information content (AvgIpc) is 2.34. The molecular formula is C16H18O. The van der Waals surface area contributed by atoms with Crippen molar-refractivity contribution >= 4 is 17.4 Å². The summed E-state index contributed by atoms with van der Waals surface area (Å²) < 4.78 is 0. The molecule has 88 valence electrons. The molecule has 1 nitrogen and oxygen atoms in total. The Morgan fingerprint density at radius 2 is 2.00 bits per heavy atom. The Labute approximate surface area is 103 Å². The van der Waals surface area contributed by atoms with E-state index in [-0.39, 0.29) is 0 Å². The topological polar surface area (TPSA) is 17.1 Å². The highest BCUT2D eigenvalue weighted by Crippen LogP contribution is 2.32. The summed E-state index contributed by atoms with van der Waals surface area (Å²) in [5.41, 5.74) is 5.74. The molecule has 1 aromatic rings. The zero-order valence-corrected chi connectivity index (χ0v) is 10.5. The molecule has 0 amide bonds. The minimum Gasteiger partial charge on any atom is -0.295 e. The highest BCUT2D eigenvalue weighted by molar-refractivity contribution is 6.03. The lowest BCUT2D eigenvalue weighted by atomic mass is 9.85. The Hall–Kier alpha value is -1.63. The van der Waals surface area contributed by atoms with Crippen molar-refractivity contribution < 1.29 is 4.79 Å². The van der Waals surface area contributed by atoms with Crippen molar-refractivity contribution in [2.45, 2.75) is 33.1 Å². The van der Waals surface area contributed by atoms with Gasteiger partial charge in [0.05, 0.1) is 0 Å². The van der Waals surface area contributed by atoms with Crippen molar-refractivity contribution in [1.82, 2.24) is 0 Å². The zero-order chi connectivity index (χ0) is 12.4. The molecule has 0 heterocycles. The molecule has 0 bridgehead atoms. The largest absolute Gasteiger partial charge is 0.295 e. The normalized spacial score (nSPS) is 16.2. The van der Waals surface area contributed by atoms with Crippen molar-refractivity contribution in [3.05, 3.63) is 47.0 Å². The molecule has 0 aromatic heterocycles. The van der Waals surface area contributed by atoms with E-state index in [9.17, 15) is 4.79 Å². The van der Waals surface area contributed by atoms with E-state index in [4.69, 9.17) is 0 Å². The minimum absolute atomic E-state index is 0.301. The summed E-state index contributed by atoms with van der Waals surface area (Å²) in [7, 11) is 0. The fourth-order valence-electron chi connectivity index (χ4n) is 2.40. The van der Waals surface area contributed by atoms with E-state index in [0.717, 1.165) is 24.0 Å². The van der Waals surface area contributed by atoms with E-state index in [0.29, 0.717) is 12.2 Å². The number of rotatable bonds is 2. The van der Waals surface area contributed by atoms with Gasteiger partial charge in [-0.2, -0.15) is 0 Å². The van der Waals surface area contributed by atoms with E-state index in [1.54, 1.807) is 0 Å². The molecule has 1 aromatic carbocycles. The van der Waals surface area contributed by atoms with Crippen LogP contribution in [0.25, 0.3) is 11.6 Å². The second-order valence-electron chi connectivity index (χ2n) is 4.66. The first-order valence-corrected chi connectivity index (χ1v) is 6.10. The van der Waals surface area contributed by atoms with Crippen LogP contribution in [-0.2, 0) is 4.79 Å². The number of ketones is 1. The molecule has 0 radical (unpaired) electrons. The highest BCUT2D eigenvalue weighted by Gasteiger charge is 2.18. The van der Waals surface area contributed by atoms with Crippen LogP contribution < -0.4 is 0 Å². The third kappa shape index (κ3) is 2.23. The van der Waals surface area contributed by atoms with Gasteiger partial charge in [0.1, 0.15) is 0 Å². The maximum Gasteiger partial charge on any atom is 0.158 e. The Balaban J connectivity index is 2.56. The molecule has 0 saturated carbocycles. The number of benzene rings is 1. The van der Waals surface area contributed by atoms with Crippen molar-refractivity contribution in [3.8, 4) is 0 Å². The first-order chi connectivity index (χ1) is 8.13. The van der Waals surface area contributed by atoms with Gasteiger partial charge in [-0.3, -0.25) is 4.79 Å². The molecule has 1 aliphatic rings. The third-order valence-electron chi connectivity index (χ3n) is 3.52. The molecule has 0 N–H and O–H groups in total. The summed E-state index contributed by atoms with van der Waals surface area (Å²) in [5.74, 6) is 0.301. The molecule has 1 heteroatoms.